The third-order valence-electron chi connectivity index (χ3n) is 2.51. The van der Waals surface area contributed by atoms with Crippen molar-refractivity contribution in [3.63, 3.8) is 0 Å². The molecule has 1 aliphatic heterocycles. The molecule has 2 rings (SSSR count). The molecule has 0 fully saturated rings. The smallest absolute Gasteiger partial charge is 0.276 e. The number of aliphatic imine (C=N–C) groups is 1. The molecular formula is C9H7N7O5. The van der Waals surface area contributed by atoms with Crippen molar-refractivity contribution in [1.29, 1.82) is 0 Å². The first-order chi connectivity index (χ1) is 9.92. The molecule has 0 spiro atoms. The first-order valence-electron chi connectivity index (χ1n) is 5.42. The number of hydrogen-bond donors (Lipinski definition) is 0. The number of benzene rings is 1. The van der Waals surface area contributed by atoms with E-state index in [1.165, 1.54) is 6.92 Å². The Labute approximate surface area is 116 Å². The van der Waals surface area contributed by atoms with E-state index in [9.17, 15) is 20.2 Å². The number of non-ortho nitro benzene ring substituents is 2. The lowest BCUT2D eigenvalue weighted by Gasteiger charge is -2.11. The lowest BCUT2D eigenvalue weighted by molar-refractivity contribution is -0.394. The van der Waals surface area contributed by atoms with Crippen LogP contribution in [0.1, 0.15) is 18.7 Å². The molecule has 1 aromatic carbocycles. The molecule has 108 valence electrons. The van der Waals surface area contributed by atoms with Crippen molar-refractivity contribution in [3.05, 3.63) is 54.4 Å². The highest BCUT2D eigenvalue weighted by molar-refractivity contribution is 5.74. The van der Waals surface area contributed by atoms with Crippen LogP contribution in [0.5, 0.6) is 0 Å². The van der Waals surface area contributed by atoms with Gasteiger partial charge in [0.2, 0.25) is 5.90 Å². The van der Waals surface area contributed by atoms with Gasteiger partial charge in [-0.1, -0.05) is 0 Å². The molecule has 1 aromatic rings. The summed E-state index contributed by atoms with van der Waals surface area (Å²) in [5.74, 6) is 0.154. The standard InChI is InChI=1S/C9H7N7O5/c1-5-11-9(14(21-5)13-12-10)6-2-7(15(17)18)4-8(3-6)16(19)20/h2-4,9H,1H3. The van der Waals surface area contributed by atoms with Crippen LogP contribution in [0, 0.1) is 20.2 Å². The van der Waals surface area contributed by atoms with E-state index in [0.29, 0.717) is 0 Å². The van der Waals surface area contributed by atoms with E-state index in [1.54, 1.807) is 0 Å². The summed E-state index contributed by atoms with van der Waals surface area (Å²) in [5.41, 5.74) is 7.59. The van der Waals surface area contributed by atoms with Gasteiger partial charge < -0.3 is 0 Å². The van der Waals surface area contributed by atoms with Crippen molar-refractivity contribution in [2.75, 3.05) is 0 Å². The molecule has 0 N–H and O–H groups in total. The van der Waals surface area contributed by atoms with Gasteiger partial charge in [0, 0.05) is 29.8 Å². The Kier molecular flexibility index (Phi) is 3.54. The van der Waals surface area contributed by atoms with Crippen LogP contribution in [-0.4, -0.2) is 20.9 Å². The Bertz CT molecular complexity index is 663. The quantitative estimate of drug-likeness (QED) is 0.272. The molecule has 0 saturated carbocycles. The second kappa shape index (κ2) is 5.30. The molecule has 1 heterocycles. The number of hydroxylamine groups is 1. The van der Waals surface area contributed by atoms with Crippen LogP contribution in [0.25, 0.3) is 10.4 Å². The number of nitro groups is 2. The third-order valence-corrected chi connectivity index (χ3v) is 2.51. The molecule has 0 aromatic heterocycles. The van der Waals surface area contributed by atoms with Crippen molar-refractivity contribution in [1.82, 2.24) is 5.17 Å². The van der Waals surface area contributed by atoms with Crippen molar-refractivity contribution >= 4 is 17.3 Å². The van der Waals surface area contributed by atoms with E-state index in [0.717, 1.165) is 23.4 Å². The topological polar surface area (TPSA) is 160 Å². The number of hydrogen-bond acceptors (Lipinski definition) is 7. The second-order valence-corrected chi connectivity index (χ2v) is 3.89. The summed E-state index contributed by atoms with van der Waals surface area (Å²) in [4.78, 5) is 31.6. The van der Waals surface area contributed by atoms with Crippen LogP contribution < -0.4 is 0 Å². The van der Waals surface area contributed by atoms with Gasteiger partial charge in [-0.15, -0.1) is 5.53 Å². The van der Waals surface area contributed by atoms with Gasteiger partial charge in [-0.2, -0.15) is 9.90 Å². The summed E-state index contributed by atoms with van der Waals surface area (Å²) in [6.07, 6.45) is -1.03. The molecule has 1 aliphatic rings. The molecule has 12 nitrogen and oxygen atoms in total. The van der Waals surface area contributed by atoms with Gasteiger partial charge in [0.25, 0.3) is 17.5 Å². The van der Waals surface area contributed by atoms with E-state index in [1.807, 2.05) is 0 Å². The minimum Gasteiger partial charge on any atom is -0.280 e. The van der Waals surface area contributed by atoms with E-state index < -0.39 is 27.4 Å². The molecule has 1 atom stereocenters. The summed E-state index contributed by atoms with van der Waals surface area (Å²) >= 11 is 0. The van der Waals surface area contributed by atoms with Crippen molar-refractivity contribution in [2.45, 2.75) is 13.1 Å². The van der Waals surface area contributed by atoms with E-state index >= 15 is 0 Å². The maximum atomic E-state index is 10.8. The van der Waals surface area contributed by atoms with Crippen LogP contribution in [0.3, 0.4) is 0 Å². The molecule has 21 heavy (non-hydrogen) atoms. The maximum Gasteiger partial charge on any atom is 0.276 e. The number of nitrogens with zero attached hydrogens (tertiary/aromatic N) is 7. The summed E-state index contributed by atoms with van der Waals surface area (Å²) in [5, 5.41) is 25.6. The largest absolute Gasteiger partial charge is 0.280 e. The first-order valence-corrected chi connectivity index (χ1v) is 5.42. The van der Waals surface area contributed by atoms with Gasteiger partial charge in [0.15, 0.2) is 0 Å². The SMILES string of the molecule is CC1=NC(c2cc([N+](=O)[O-])cc([N+](=O)[O-])c2)N(N=[N+]=[N-])O1. The predicted molar refractivity (Wildman–Crippen MR) is 67.7 cm³/mol. The zero-order chi connectivity index (χ0) is 15.6. The monoisotopic (exact) mass is 293 g/mol. The number of nitro benzene ring substituents is 2. The summed E-state index contributed by atoms with van der Waals surface area (Å²) in [6, 6.07) is 3.03. The minimum atomic E-state index is -1.03. The maximum absolute atomic E-state index is 10.8. The predicted octanol–water partition coefficient (Wildman–Crippen LogP) is 2.39. The van der Waals surface area contributed by atoms with Gasteiger partial charge in [-0.25, -0.2) is 0 Å². The lowest BCUT2D eigenvalue weighted by Crippen LogP contribution is -2.16. The summed E-state index contributed by atoms with van der Waals surface area (Å²) < 4.78 is 0. The van der Waals surface area contributed by atoms with E-state index in [-0.39, 0.29) is 11.5 Å². The molecule has 12 heteroatoms. The Morgan fingerprint density at radius 2 is 1.90 bits per heavy atom. The Hall–Kier alpha value is -3.40. The average molecular weight is 293 g/mol. The fourth-order valence-corrected chi connectivity index (χ4v) is 1.72. The molecule has 0 amide bonds. The van der Waals surface area contributed by atoms with Crippen molar-refractivity contribution < 1.29 is 14.7 Å². The minimum absolute atomic E-state index is 0.0974. The molecule has 0 radical (unpaired) electrons. The van der Waals surface area contributed by atoms with Gasteiger partial charge in [-0.05, 0) is 5.17 Å². The third kappa shape index (κ3) is 2.79. The molecule has 1 unspecified atom stereocenters. The molecule has 0 saturated heterocycles. The normalized spacial score (nSPS) is 16.7. The Morgan fingerprint density at radius 1 is 1.33 bits per heavy atom. The fraction of sp³-hybridized carbons (Fsp3) is 0.222. The van der Waals surface area contributed by atoms with E-state index in [4.69, 9.17) is 10.4 Å². The van der Waals surface area contributed by atoms with Crippen molar-refractivity contribution in [2.24, 2.45) is 10.2 Å². The Morgan fingerprint density at radius 3 is 2.38 bits per heavy atom. The Balaban J connectivity index is 2.54. The van der Waals surface area contributed by atoms with Gasteiger partial charge >= 0.3 is 0 Å². The van der Waals surface area contributed by atoms with Crippen LogP contribution in [0.15, 0.2) is 28.4 Å². The highest BCUT2D eigenvalue weighted by Gasteiger charge is 2.34. The van der Waals surface area contributed by atoms with Gasteiger partial charge in [-0.3, -0.25) is 25.1 Å². The lowest BCUT2D eigenvalue weighted by atomic mass is 10.1. The summed E-state index contributed by atoms with van der Waals surface area (Å²) in [7, 11) is 0. The molecule has 0 bridgehead atoms. The summed E-state index contributed by atoms with van der Waals surface area (Å²) in [6.45, 7) is 1.48. The highest BCUT2D eigenvalue weighted by atomic mass is 16.7. The molecule has 0 aliphatic carbocycles. The van der Waals surface area contributed by atoms with Gasteiger partial charge in [0.05, 0.1) is 15.9 Å². The zero-order valence-corrected chi connectivity index (χ0v) is 10.5. The van der Waals surface area contributed by atoms with Crippen LogP contribution in [0.4, 0.5) is 11.4 Å². The fourth-order valence-electron chi connectivity index (χ4n) is 1.72. The number of rotatable bonds is 4. The number of azide groups is 1. The highest BCUT2D eigenvalue weighted by Crippen LogP contribution is 2.33. The first kappa shape index (κ1) is 14.0. The van der Waals surface area contributed by atoms with E-state index in [2.05, 4.69) is 15.1 Å². The van der Waals surface area contributed by atoms with Crippen LogP contribution >= 0.6 is 0 Å². The average Bonchev–Trinajstić information content (AvgIpc) is 2.79. The van der Waals surface area contributed by atoms with Crippen LogP contribution in [-0.2, 0) is 4.84 Å². The van der Waals surface area contributed by atoms with Crippen LogP contribution in [0.2, 0.25) is 0 Å². The second-order valence-electron chi connectivity index (χ2n) is 3.89. The molecular weight excluding hydrogens is 286 g/mol. The zero-order valence-electron chi connectivity index (χ0n) is 10.5. The van der Waals surface area contributed by atoms with Crippen molar-refractivity contribution in [3.8, 4) is 0 Å². The van der Waals surface area contributed by atoms with Gasteiger partial charge in [0.1, 0.15) is 0 Å².